The molecule has 1 aromatic rings. The molecule has 23 heavy (non-hydrogen) atoms. The van der Waals surface area contributed by atoms with Gasteiger partial charge in [-0.2, -0.15) is 0 Å². The highest BCUT2D eigenvalue weighted by molar-refractivity contribution is 5.79. The van der Waals surface area contributed by atoms with Gasteiger partial charge in [-0.25, -0.2) is 4.99 Å². The second-order valence-corrected chi connectivity index (χ2v) is 5.42. The van der Waals surface area contributed by atoms with E-state index in [1.54, 1.807) is 14.2 Å². The number of hydrogen-bond donors (Lipinski definition) is 2. The van der Waals surface area contributed by atoms with Crippen molar-refractivity contribution in [2.75, 3.05) is 59.5 Å². The number of ether oxygens (including phenoxy) is 2. The largest absolute Gasteiger partial charge is 0.385 e. The zero-order valence-electron chi connectivity index (χ0n) is 14.8. The number of nitrogens with zero attached hydrogens (tertiary/aromatic N) is 2. The van der Waals surface area contributed by atoms with Crippen molar-refractivity contribution in [1.29, 1.82) is 0 Å². The zero-order valence-corrected chi connectivity index (χ0v) is 14.8. The Kier molecular flexibility index (Phi) is 9.83. The first-order chi connectivity index (χ1) is 11.2. The summed E-state index contributed by atoms with van der Waals surface area (Å²) in [5, 5.41) is 6.57. The maximum Gasteiger partial charge on any atom is 0.191 e. The zero-order chi connectivity index (χ0) is 16.9. The minimum atomic E-state index is 0.639. The van der Waals surface area contributed by atoms with Crippen molar-refractivity contribution in [1.82, 2.24) is 10.6 Å². The van der Waals surface area contributed by atoms with Crippen LogP contribution >= 0.6 is 0 Å². The number of nitrogens with one attached hydrogen (secondary N) is 2. The summed E-state index contributed by atoms with van der Waals surface area (Å²) in [5.74, 6) is 0.801. The molecule has 1 aromatic carbocycles. The summed E-state index contributed by atoms with van der Waals surface area (Å²) >= 11 is 0. The molecule has 0 aromatic heterocycles. The lowest BCUT2D eigenvalue weighted by atomic mass is 10.2. The van der Waals surface area contributed by atoms with Crippen molar-refractivity contribution in [2.24, 2.45) is 4.99 Å². The third-order valence-electron chi connectivity index (χ3n) is 3.29. The molecule has 0 spiro atoms. The van der Waals surface area contributed by atoms with E-state index in [-0.39, 0.29) is 0 Å². The van der Waals surface area contributed by atoms with Gasteiger partial charge in [0.1, 0.15) is 0 Å². The predicted molar refractivity (Wildman–Crippen MR) is 96.3 cm³/mol. The van der Waals surface area contributed by atoms with Crippen LogP contribution in [0.3, 0.4) is 0 Å². The van der Waals surface area contributed by atoms with Gasteiger partial charge in [0.2, 0.25) is 0 Å². The van der Waals surface area contributed by atoms with E-state index in [4.69, 9.17) is 9.47 Å². The Morgan fingerprint density at radius 1 is 1.00 bits per heavy atom. The molecule has 2 N–H and O–H groups in total. The third-order valence-corrected chi connectivity index (χ3v) is 3.29. The van der Waals surface area contributed by atoms with Crippen LogP contribution in [0.15, 0.2) is 29.3 Å². The van der Waals surface area contributed by atoms with E-state index in [2.05, 4.69) is 44.8 Å². The molecular weight excluding hydrogens is 292 g/mol. The molecule has 0 bridgehead atoms. The molecule has 0 unspecified atom stereocenters. The molecule has 0 aliphatic rings. The monoisotopic (exact) mass is 322 g/mol. The second kappa shape index (κ2) is 11.7. The van der Waals surface area contributed by atoms with Gasteiger partial charge < -0.3 is 25.0 Å². The van der Waals surface area contributed by atoms with Gasteiger partial charge in [0.15, 0.2) is 5.96 Å². The molecule has 6 nitrogen and oxygen atoms in total. The molecule has 0 fully saturated rings. The van der Waals surface area contributed by atoms with E-state index in [0.717, 1.165) is 32.1 Å². The number of methoxy groups -OCH3 is 2. The van der Waals surface area contributed by atoms with Crippen molar-refractivity contribution in [3.8, 4) is 0 Å². The van der Waals surface area contributed by atoms with Gasteiger partial charge in [-0.05, 0) is 24.1 Å². The standard InChI is InChI=1S/C17H30N4O2/c1-21(2)16-8-6-15(7-9-16)14-20-17(19-11-13-23-4)18-10-5-12-22-3/h6-9H,5,10-14H2,1-4H3,(H2,18,19,20). The molecular formula is C17H30N4O2. The van der Waals surface area contributed by atoms with Crippen LogP contribution in [-0.2, 0) is 16.0 Å². The fraction of sp³-hybridized carbons (Fsp3) is 0.588. The summed E-state index contributed by atoms with van der Waals surface area (Å²) in [5.41, 5.74) is 2.37. The summed E-state index contributed by atoms with van der Waals surface area (Å²) in [6.07, 6.45) is 0.943. The quantitative estimate of drug-likeness (QED) is 0.388. The number of benzene rings is 1. The van der Waals surface area contributed by atoms with Gasteiger partial charge >= 0.3 is 0 Å². The van der Waals surface area contributed by atoms with Crippen LogP contribution in [-0.4, -0.2) is 60.6 Å². The molecule has 0 heterocycles. The number of guanidine groups is 1. The van der Waals surface area contributed by atoms with Crippen LogP contribution < -0.4 is 15.5 Å². The molecule has 1 rings (SSSR count). The molecule has 6 heteroatoms. The molecule has 130 valence electrons. The number of hydrogen-bond acceptors (Lipinski definition) is 4. The Hall–Kier alpha value is -1.79. The SMILES string of the molecule is COCCCNC(=NCc1ccc(N(C)C)cc1)NCCOC. The van der Waals surface area contributed by atoms with Crippen molar-refractivity contribution < 1.29 is 9.47 Å². The molecule has 0 atom stereocenters. The lowest BCUT2D eigenvalue weighted by Crippen LogP contribution is -2.39. The first-order valence-electron chi connectivity index (χ1n) is 7.93. The summed E-state index contributed by atoms with van der Waals surface area (Å²) in [7, 11) is 7.48. The summed E-state index contributed by atoms with van der Waals surface area (Å²) in [4.78, 5) is 6.71. The maximum absolute atomic E-state index is 5.06. The van der Waals surface area contributed by atoms with Crippen molar-refractivity contribution >= 4 is 11.6 Å². The minimum Gasteiger partial charge on any atom is -0.385 e. The van der Waals surface area contributed by atoms with Crippen LogP contribution in [0.5, 0.6) is 0 Å². The molecule has 0 aliphatic heterocycles. The van der Waals surface area contributed by atoms with Gasteiger partial charge in [-0.1, -0.05) is 12.1 Å². The van der Waals surface area contributed by atoms with Gasteiger partial charge in [0.25, 0.3) is 0 Å². The van der Waals surface area contributed by atoms with Crippen molar-refractivity contribution in [2.45, 2.75) is 13.0 Å². The fourth-order valence-electron chi connectivity index (χ4n) is 1.94. The highest BCUT2D eigenvalue weighted by atomic mass is 16.5. The second-order valence-electron chi connectivity index (χ2n) is 5.42. The fourth-order valence-corrected chi connectivity index (χ4v) is 1.94. The lowest BCUT2D eigenvalue weighted by molar-refractivity contribution is 0.195. The average Bonchev–Trinajstić information content (AvgIpc) is 2.56. The first kappa shape index (κ1) is 19.3. The number of aliphatic imine (C=N–C) groups is 1. The van der Waals surface area contributed by atoms with Gasteiger partial charge in [-0.3, -0.25) is 0 Å². The summed E-state index contributed by atoms with van der Waals surface area (Å²) in [6, 6.07) is 8.43. The van der Waals surface area contributed by atoms with Gasteiger partial charge in [0.05, 0.1) is 13.2 Å². The normalized spacial score (nSPS) is 11.4. The predicted octanol–water partition coefficient (Wildman–Crippen LogP) is 1.47. The number of anilines is 1. The Bertz CT molecular complexity index is 446. The first-order valence-corrected chi connectivity index (χ1v) is 7.93. The Balaban J connectivity index is 2.54. The van der Waals surface area contributed by atoms with Crippen LogP contribution in [0, 0.1) is 0 Å². The van der Waals surface area contributed by atoms with E-state index >= 15 is 0 Å². The van der Waals surface area contributed by atoms with Crippen LogP contribution in [0.2, 0.25) is 0 Å². The van der Waals surface area contributed by atoms with Crippen LogP contribution in [0.1, 0.15) is 12.0 Å². The highest BCUT2D eigenvalue weighted by Gasteiger charge is 2.00. The van der Waals surface area contributed by atoms with E-state index < -0.39 is 0 Å². The Morgan fingerprint density at radius 2 is 1.65 bits per heavy atom. The topological polar surface area (TPSA) is 58.1 Å². The number of rotatable bonds is 10. The van der Waals surface area contributed by atoms with Crippen molar-refractivity contribution in [3.63, 3.8) is 0 Å². The average molecular weight is 322 g/mol. The van der Waals surface area contributed by atoms with Crippen LogP contribution in [0.25, 0.3) is 0 Å². The Labute approximate surface area is 139 Å². The van der Waals surface area contributed by atoms with Crippen LogP contribution in [0.4, 0.5) is 5.69 Å². The molecule has 0 saturated carbocycles. The van der Waals surface area contributed by atoms with E-state index in [1.807, 2.05) is 14.1 Å². The smallest absolute Gasteiger partial charge is 0.191 e. The van der Waals surface area contributed by atoms with Crippen molar-refractivity contribution in [3.05, 3.63) is 29.8 Å². The van der Waals surface area contributed by atoms with E-state index in [0.29, 0.717) is 13.2 Å². The lowest BCUT2D eigenvalue weighted by Gasteiger charge is -2.13. The highest BCUT2D eigenvalue weighted by Crippen LogP contribution is 2.12. The van der Waals surface area contributed by atoms with E-state index in [9.17, 15) is 0 Å². The maximum atomic E-state index is 5.06. The summed E-state index contributed by atoms with van der Waals surface area (Å²) < 4.78 is 10.1. The minimum absolute atomic E-state index is 0.639. The molecule has 0 aliphatic carbocycles. The Morgan fingerprint density at radius 3 is 2.26 bits per heavy atom. The molecule has 0 saturated heterocycles. The molecule has 0 radical (unpaired) electrons. The third kappa shape index (κ3) is 8.42. The summed E-state index contributed by atoms with van der Waals surface area (Å²) in [6.45, 7) is 3.58. The molecule has 0 amide bonds. The van der Waals surface area contributed by atoms with E-state index in [1.165, 1.54) is 11.3 Å². The van der Waals surface area contributed by atoms with Gasteiger partial charge in [0, 0.05) is 53.7 Å². The van der Waals surface area contributed by atoms with Gasteiger partial charge in [-0.15, -0.1) is 0 Å².